The summed E-state index contributed by atoms with van der Waals surface area (Å²) in [6.45, 7) is 3.39. The summed E-state index contributed by atoms with van der Waals surface area (Å²) in [6, 6.07) is 4.02. The molecule has 0 radical (unpaired) electrons. The van der Waals surface area contributed by atoms with Crippen LogP contribution >= 0.6 is 23.2 Å². The Kier molecular flexibility index (Phi) is 5.52. The molecule has 8 nitrogen and oxygen atoms in total. The number of hydrogen-bond acceptors (Lipinski definition) is 6. The number of halogens is 2. The molecule has 10 heteroatoms. The van der Waals surface area contributed by atoms with Gasteiger partial charge in [0.15, 0.2) is 0 Å². The van der Waals surface area contributed by atoms with Gasteiger partial charge >= 0.3 is 0 Å². The van der Waals surface area contributed by atoms with Crippen LogP contribution in [-0.2, 0) is 4.74 Å². The minimum atomic E-state index is -0.403. The first-order valence-electron chi connectivity index (χ1n) is 10.0. The van der Waals surface area contributed by atoms with Gasteiger partial charge in [0, 0.05) is 49.0 Å². The first-order chi connectivity index (χ1) is 15.1. The second-order valence-corrected chi connectivity index (χ2v) is 8.26. The van der Waals surface area contributed by atoms with Crippen LogP contribution in [0.2, 0.25) is 10.0 Å². The van der Waals surface area contributed by atoms with E-state index in [0.29, 0.717) is 33.0 Å². The maximum Gasteiger partial charge on any atom is 0.214 e. The van der Waals surface area contributed by atoms with Crippen LogP contribution in [0.1, 0.15) is 37.5 Å². The van der Waals surface area contributed by atoms with Crippen molar-refractivity contribution in [3.8, 4) is 17.1 Å². The summed E-state index contributed by atoms with van der Waals surface area (Å²) in [4.78, 5) is 8.67. The third kappa shape index (κ3) is 3.98. The molecule has 1 saturated heterocycles. The van der Waals surface area contributed by atoms with Gasteiger partial charge in [-0.1, -0.05) is 23.2 Å². The largest absolute Gasteiger partial charge is 0.470 e. The molecule has 0 unspecified atom stereocenters. The molecule has 1 aliphatic rings. The van der Waals surface area contributed by atoms with Gasteiger partial charge < -0.3 is 9.47 Å². The summed E-state index contributed by atoms with van der Waals surface area (Å²) in [5.74, 6) is 0.448. The quantitative estimate of drug-likeness (QED) is 0.451. The SMILES string of the molecule is C[C@@H](Oc1ccc2[nH]nc(-c3cnn(C4CCOCC4)c3)c2n1)c1c(Cl)cncc1Cl. The fourth-order valence-corrected chi connectivity index (χ4v) is 4.48. The number of fused-ring (bicyclic) bond motifs is 1. The van der Waals surface area contributed by atoms with E-state index in [-0.39, 0.29) is 0 Å². The summed E-state index contributed by atoms with van der Waals surface area (Å²) < 4.78 is 13.5. The predicted molar refractivity (Wildman–Crippen MR) is 117 cm³/mol. The fraction of sp³-hybridized carbons (Fsp3) is 0.333. The van der Waals surface area contributed by atoms with E-state index >= 15 is 0 Å². The zero-order chi connectivity index (χ0) is 21.4. The molecule has 1 aliphatic heterocycles. The van der Waals surface area contributed by atoms with E-state index in [1.54, 1.807) is 18.5 Å². The molecule has 0 aliphatic carbocycles. The molecule has 5 rings (SSSR count). The number of aromatic amines is 1. The number of nitrogens with one attached hydrogen (secondary N) is 1. The number of hydrogen-bond donors (Lipinski definition) is 1. The molecule has 1 atom stereocenters. The van der Waals surface area contributed by atoms with Crippen LogP contribution in [0.15, 0.2) is 36.9 Å². The van der Waals surface area contributed by atoms with Crippen LogP contribution in [0.4, 0.5) is 0 Å². The van der Waals surface area contributed by atoms with E-state index < -0.39 is 6.10 Å². The molecule has 0 aromatic carbocycles. The fourth-order valence-electron chi connectivity index (χ4n) is 3.81. The van der Waals surface area contributed by atoms with Gasteiger partial charge in [-0.2, -0.15) is 10.2 Å². The first-order valence-corrected chi connectivity index (χ1v) is 10.8. The Bertz CT molecular complexity index is 1200. The topological polar surface area (TPSA) is 90.7 Å². The van der Waals surface area contributed by atoms with E-state index in [1.165, 1.54) is 0 Å². The standard InChI is InChI=1S/C21H20Cl2N6O2/c1-12(19-15(22)9-24-10-16(19)23)31-18-3-2-17-21(26-18)20(28-27-17)13-8-25-29(11-13)14-4-6-30-7-5-14/h2-3,8-12,14H,4-7H2,1H3,(H,27,28)/t12-/m1/s1. The highest BCUT2D eigenvalue weighted by atomic mass is 35.5. The molecule has 4 aromatic heterocycles. The highest BCUT2D eigenvalue weighted by molar-refractivity contribution is 6.35. The summed E-state index contributed by atoms with van der Waals surface area (Å²) in [6.07, 6.45) is 8.43. The zero-order valence-electron chi connectivity index (χ0n) is 16.8. The lowest BCUT2D eigenvalue weighted by atomic mass is 10.1. The molecule has 1 fully saturated rings. The minimum absolute atomic E-state index is 0.343. The molecule has 31 heavy (non-hydrogen) atoms. The number of aromatic nitrogens is 6. The van der Waals surface area contributed by atoms with Crippen LogP contribution in [0.3, 0.4) is 0 Å². The van der Waals surface area contributed by atoms with Crippen LogP contribution in [0.5, 0.6) is 5.88 Å². The van der Waals surface area contributed by atoms with Crippen molar-refractivity contribution in [3.05, 3.63) is 52.5 Å². The number of H-pyrrole nitrogens is 1. The Hall–Kier alpha value is -2.68. The number of rotatable bonds is 5. The lowest BCUT2D eigenvalue weighted by Gasteiger charge is -2.22. The molecule has 0 amide bonds. The van der Waals surface area contributed by atoms with Crippen molar-refractivity contribution in [2.24, 2.45) is 0 Å². The van der Waals surface area contributed by atoms with E-state index in [1.807, 2.05) is 30.1 Å². The molecule has 5 heterocycles. The van der Waals surface area contributed by atoms with Crippen molar-refractivity contribution in [1.29, 1.82) is 0 Å². The molecule has 1 N–H and O–H groups in total. The van der Waals surface area contributed by atoms with Crippen molar-refractivity contribution in [1.82, 2.24) is 29.9 Å². The number of nitrogens with zero attached hydrogens (tertiary/aromatic N) is 5. The average Bonchev–Trinajstić information content (AvgIpc) is 3.41. The predicted octanol–water partition coefficient (Wildman–Crippen LogP) is 5.01. The second-order valence-electron chi connectivity index (χ2n) is 7.45. The Morgan fingerprint density at radius 1 is 1.16 bits per heavy atom. The summed E-state index contributed by atoms with van der Waals surface area (Å²) in [5.41, 5.74) is 3.82. The van der Waals surface area contributed by atoms with Gasteiger partial charge in [0.2, 0.25) is 5.88 Å². The van der Waals surface area contributed by atoms with Gasteiger partial charge in [0.1, 0.15) is 17.3 Å². The molecule has 160 valence electrons. The molecule has 0 saturated carbocycles. The van der Waals surface area contributed by atoms with Gasteiger partial charge in [0.05, 0.1) is 27.8 Å². The summed E-state index contributed by atoms with van der Waals surface area (Å²) in [7, 11) is 0. The smallest absolute Gasteiger partial charge is 0.214 e. The Labute approximate surface area is 188 Å². The maximum atomic E-state index is 6.26. The van der Waals surface area contributed by atoms with Crippen molar-refractivity contribution in [2.75, 3.05) is 13.2 Å². The van der Waals surface area contributed by atoms with Gasteiger partial charge in [-0.25, -0.2) is 4.98 Å². The van der Waals surface area contributed by atoms with E-state index in [2.05, 4.69) is 25.3 Å². The Morgan fingerprint density at radius 2 is 1.94 bits per heavy atom. The van der Waals surface area contributed by atoms with Crippen molar-refractivity contribution in [3.63, 3.8) is 0 Å². The molecule has 0 bridgehead atoms. The minimum Gasteiger partial charge on any atom is -0.470 e. The molecule has 0 spiro atoms. The highest BCUT2D eigenvalue weighted by Crippen LogP contribution is 2.33. The summed E-state index contributed by atoms with van der Waals surface area (Å²) >= 11 is 12.5. The monoisotopic (exact) mass is 458 g/mol. The summed E-state index contributed by atoms with van der Waals surface area (Å²) in [5, 5.41) is 12.9. The van der Waals surface area contributed by atoms with E-state index in [0.717, 1.165) is 42.8 Å². The average molecular weight is 459 g/mol. The van der Waals surface area contributed by atoms with Crippen molar-refractivity contribution in [2.45, 2.75) is 31.9 Å². The molecular formula is C21H20Cl2N6O2. The second kappa shape index (κ2) is 8.45. The van der Waals surface area contributed by atoms with Crippen molar-refractivity contribution < 1.29 is 9.47 Å². The highest BCUT2D eigenvalue weighted by Gasteiger charge is 2.20. The third-order valence-electron chi connectivity index (χ3n) is 5.42. The molecule has 4 aromatic rings. The van der Waals surface area contributed by atoms with Gasteiger partial charge in [-0.15, -0.1) is 0 Å². The number of pyridine rings is 2. The lowest BCUT2D eigenvalue weighted by molar-refractivity contribution is 0.0662. The van der Waals surface area contributed by atoms with Gasteiger partial charge in [-0.05, 0) is 25.8 Å². The van der Waals surface area contributed by atoms with Crippen LogP contribution in [0.25, 0.3) is 22.3 Å². The zero-order valence-corrected chi connectivity index (χ0v) is 18.3. The van der Waals surface area contributed by atoms with Crippen molar-refractivity contribution >= 4 is 34.2 Å². The first kappa shape index (κ1) is 20.2. The van der Waals surface area contributed by atoms with E-state index in [4.69, 9.17) is 32.7 Å². The van der Waals surface area contributed by atoms with Gasteiger partial charge in [0.25, 0.3) is 0 Å². The maximum absolute atomic E-state index is 6.26. The normalized spacial score (nSPS) is 16.0. The van der Waals surface area contributed by atoms with E-state index in [9.17, 15) is 0 Å². The third-order valence-corrected chi connectivity index (χ3v) is 6.02. The van der Waals surface area contributed by atoms with Crippen LogP contribution in [0, 0.1) is 0 Å². The Balaban J connectivity index is 1.43. The van der Waals surface area contributed by atoms with Gasteiger partial charge in [-0.3, -0.25) is 14.8 Å². The Morgan fingerprint density at radius 3 is 2.71 bits per heavy atom. The number of ether oxygens (including phenoxy) is 2. The van der Waals surface area contributed by atoms with Crippen LogP contribution in [-0.4, -0.2) is 43.2 Å². The van der Waals surface area contributed by atoms with Crippen LogP contribution < -0.4 is 4.74 Å². The molecular weight excluding hydrogens is 439 g/mol. The lowest BCUT2D eigenvalue weighted by Crippen LogP contribution is -2.19.